The molecule has 0 aromatic heterocycles. The lowest BCUT2D eigenvalue weighted by molar-refractivity contribution is 0.658. The van der Waals surface area contributed by atoms with E-state index in [-0.39, 0.29) is 5.41 Å². The van der Waals surface area contributed by atoms with Gasteiger partial charge in [0.1, 0.15) is 0 Å². The van der Waals surface area contributed by atoms with Gasteiger partial charge in [0.2, 0.25) is 0 Å². The Morgan fingerprint density at radius 2 is 1.16 bits per heavy atom. The molecule has 0 saturated heterocycles. The second kappa shape index (κ2) is 4.23. The average molecular weight is 250 g/mol. The van der Waals surface area contributed by atoms with Gasteiger partial charge in [0, 0.05) is 5.41 Å². The van der Waals surface area contributed by atoms with Crippen LogP contribution < -0.4 is 0 Å². The number of hydrogen-bond acceptors (Lipinski definition) is 0. The molecule has 2 aromatic rings. The molecule has 0 aliphatic heterocycles. The highest BCUT2D eigenvalue weighted by atomic mass is 14.4. The Hall–Kier alpha value is -1.56. The summed E-state index contributed by atoms with van der Waals surface area (Å²) in [6, 6.07) is 14.0. The van der Waals surface area contributed by atoms with Gasteiger partial charge in [0.05, 0.1) is 0 Å². The minimum atomic E-state index is 0.140. The van der Waals surface area contributed by atoms with E-state index >= 15 is 0 Å². The van der Waals surface area contributed by atoms with Gasteiger partial charge in [-0.2, -0.15) is 0 Å². The molecule has 0 fully saturated rings. The Bertz CT molecular complexity index is 577. The van der Waals surface area contributed by atoms with Gasteiger partial charge in [-0.15, -0.1) is 0 Å². The molecule has 0 atom stereocenters. The van der Waals surface area contributed by atoms with E-state index in [0.717, 1.165) is 12.8 Å². The van der Waals surface area contributed by atoms with Crippen LogP contribution in [-0.4, -0.2) is 0 Å². The topological polar surface area (TPSA) is 0 Å². The first kappa shape index (κ1) is 12.5. The minimum absolute atomic E-state index is 0.140. The molecule has 0 radical (unpaired) electrons. The summed E-state index contributed by atoms with van der Waals surface area (Å²) in [4.78, 5) is 0. The SMILES string of the molecule is CCc1ccc2c(c1)C(C)(C)c1cc(CC)ccc1-2. The second-order valence-electron chi connectivity index (χ2n) is 6.09. The summed E-state index contributed by atoms with van der Waals surface area (Å²) in [6.07, 6.45) is 2.22. The molecule has 0 spiro atoms. The van der Waals surface area contributed by atoms with Gasteiger partial charge in [-0.1, -0.05) is 64.1 Å². The summed E-state index contributed by atoms with van der Waals surface area (Å²) in [5.74, 6) is 0. The van der Waals surface area contributed by atoms with E-state index in [2.05, 4.69) is 64.1 Å². The van der Waals surface area contributed by atoms with E-state index in [1.165, 1.54) is 33.4 Å². The molecule has 0 heteroatoms. The van der Waals surface area contributed by atoms with Crippen LogP contribution in [0.15, 0.2) is 36.4 Å². The van der Waals surface area contributed by atoms with E-state index in [1.54, 1.807) is 0 Å². The highest BCUT2D eigenvalue weighted by Gasteiger charge is 2.35. The third-order valence-corrected chi connectivity index (χ3v) is 4.62. The number of benzene rings is 2. The quantitative estimate of drug-likeness (QED) is 0.694. The third kappa shape index (κ3) is 1.74. The fraction of sp³-hybridized carbons (Fsp3) is 0.368. The van der Waals surface area contributed by atoms with Crippen molar-refractivity contribution in [3.63, 3.8) is 0 Å². The van der Waals surface area contributed by atoms with Crippen molar-refractivity contribution < 1.29 is 0 Å². The van der Waals surface area contributed by atoms with Gasteiger partial charge in [-0.3, -0.25) is 0 Å². The zero-order valence-electron chi connectivity index (χ0n) is 12.4. The predicted octanol–water partition coefficient (Wildman–Crippen LogP) is 5.12. The highest BCUT2D eigenvalue weighted by Crippen LogP contribution is 2.49. The zero-order valence-corrected chi connectivity index (χ0v) is 12.4. The number of hydrogen-bond donors (Lipinski definition) is 0. The van der Waals surface area contributed by atoms with E-state index in [4.69, 9.17) is 0 Å². The van der Waals surface area contributed by atoms with Crippen LogP contribution in [0.3, 0.4) is 0 Å². The maximum absolute atomic E-state index is 2.40. The molecule has 0 bridgehead atoms. The van der Waals surface area contributed by atoms with Crippen LogP contribution in [0.5, 0.6) is 0 Å². The van der Waals surface area contributed by atoms with Crippen LogP contribution in [0.1, 0.15) is 49.9 Å². The Balaban J connectivity index is 2.26. The lowest BCUT2D eigenvalue weighted by Gasteiger charge is -2.22. The molecule has 19 heavy (non-hydrogen) atoms. The van der Waals surface area contributed by atoms with Crippen molar-refractivity contribution in [3.05, 3.63) is 58.7 Å². The van der Waals surface area contributed by atoms with Crippen LogP contribution in [0, 0.1) is 0 Å². The molecular weight excluding hydrogens is 228 g/mol. The second-order valence-corrected chi connectivity index (χ2v) is 6.09. The van der Waals surface area contributed by atoms with Crippen molar-refractivity contribution in [2.75, 3.05) is 0 Å². The number of fused-ring (bicyclic) bond motifs is 3. The van der Waals surface area contributed by atoms with E-state index < -0.39 is 0 Å². The van der Waals surface area contributed by atoms with Gasteiger partial charge >= 0.3 is 0 Å². The zero-order chi connectivity index (χ0) is 13.6. The van der Waals surface area contributed by atoms with Crippen molar-refractivity contribution in [1.29, 1.82) is 0 Å². The smallest absolute Gasteiger partial charge is 0.0159 e. The van der Waals surface area contributed by atoms with Crippen LogP contribution in [0.25, 0.3) is 11.1 Å². The molecule has 0 heterocycles. The Morgan fingerprint density at radius 1 is 0.737 bits per heavy atom. The molecular formula is C19H22. The molecule has 0 N–H and O–H groups in total. The van der Waals surface area contributed by atoms with Crippen molar-refractivity contribution in [3.8, 4) is 11.1 Å². The molecule has 98 valence electrons. The Labute approximate surface area is 116 Å². The van der Waals surface area contributed by atoms with Gasteiger partial charge in [-0.25, -0.2) is 0 Å². The summed E-state index contributed by atoms with van der Waals surface area (Å²) in [7, 11) is 0. The Kier molecular flexibility index (Phi) is 2.78. The molecule has 3 rings (SSSR count). The van der Waals surface area contributed by atoms with Crippen molar-refractivity contribution >= 4 is 0 Å². The molecule has 0 amide bonds. The average Bonchev–Trinajstić information content (AvgIpc) is 2.67. The largest absolute Gasteiger partial charge is 0.0613 e. The van der Waals surface area contributed by atoms with Gasteiger partial charge in [0.25, 0.3) is 0 Å². The molecule has 1 aliphatic rings. The molecule has 2 aromatic carbocycles. The maximum Gasteiger partial charge on any atom is 0.0159 e. The molecule has 0 saturated carbocycles. The van der Waals surface area contributed by atoms with Crippen LogP contribution in [0.2, 0.25) is 0 Å². The van der Waals surface area contributed by atoms with Gasteiger partial charge in [-0.05, 0) is 46.2 Å². The third-order valence-electron chi connectivity index (χ3n) is 4.62. The van der Waals surface area contributed by atoms with Crippen molar-refractivity contribution in [1.82, 2.24) is 0 Å². The normalized spacial score (nSPS) is 15.2. The Morgan fingerprint density at radius 3 is 1.53 bits per heavy atom. The first-order valence-corrected chi connectivity index (χ1v) is 7.35. The summed E-state index contributed by atoms with van der Waals surface area (Å²) >= 11 is 0. The van der Waals surface area contributed by atoms with Crippen LogP contribution >= 0.6 is 0 Å². The number of aryl methyl sites for hydroxylation is 2. The van der Waals surface area contributed by atoms with E-state index in [9.17, 15) is 0 Å². The summed E-state index contributed by atoms with van der Waals surface area (Å²) < 4.78 is 0. The standard InChI is InChI=1S/C19H22/c1-5-13-7-9-15-16-10-8-14(6-2)12-18(16)19(3,4)17(15)11-13/h7-12H,5-6H2,1-4H3. The first-order valence-electron chi connectivity index (χ1n) is 7.35. The maximum atomic E-state index is 2.40. The molecule has 1 aliphatic carbocycles. The van der Waals surface area contributed by atoms with E-state index in [0.29, 0.717) is 0 Å². The summed E-state index contributed by atoms with van der Waals surface area (Å²) in [6.45, 7) is 9.17. The van der Waals surface area contributed by atoms with Gasteiger partial charge in [0.15, 0.2) is 0 Å². The lowest BCUT2D eigenvalue weighted by Crippen LogP contribution is -2.15. The summed E-state index contributed by atoms with van der Waals surface area (Å²) in [5, 5.41) is 0. The van der Waals surface area contributed by atoms with Crippen molar-refractivity contribution in [2.24, 2.45) is 0 Å². The fourth-order valence-electron chi connectivity index (χ4n) is 3.27. The predicted molar refractivity (Wildman–Crippen MR) is 82.8 cm³/mol. The monoisotopic (exact) mass is 250 g/mol. The number of rotatable bonds is 2. The fourth-order valence-corrected chi connectivity index (χ4v) is 3.27. The van der Waals surface area contributed by atoms with Crippen LogP contribution in [0.4, 0.5) is 0 Å². The summed E-state index contributed by atoms with van der Waals surface area (Å²) in [5.41, 5.74) is 8.87. The molecule has 0 unspecified atom stereocenters. The first-order chi connectivity index (χ1) is 9.07. The van der Waals surface area contributed by atoms with Crippen molar-refractivity contribution in [2.45, 2.75) is 46.0 Å². The van der Waals surface area contributed by atoms with Crippen LogP contribution in [-0.2, 0) is 18.3 Å². The minimum Gasteiger partial charge on any atom is -0.0613 e. The highest BCUT2D eigenvalue weighted by molar-refractivity contribution is 5.81. The lowest BCUT2D eigenvalue weighted by atomic mass is 9.81. The van der Waals surface area contributed by atoms with Gasteiger partial charge < -0.3 is 0 Å². The molecule has 0 nitrogen and oxygen atoms in total. The van der Waals surface area contributed by atoms with E-state index in [1.807, 2.05) is 0 Å².